The van der Waals surface area contributed by atoms with Gasteiger partial charge in [-0.2, -0.15) is 0 Å². The summed E-state index contributed by atoms with van der Waals surface area (Å²) in [6.45, 7) is 0.870. The molecule has 3 aromatic carbocycles. The Bertz CT molecular complexity index is 815. The van der Waals surface area contributed by atoms with E-state index < -0.39 is 0 Å². The smallest absolute Gasteiger partial charge is 0.126 e. The second-order valence-corrected chi connectivity index (χ2v) is 5.94. The number of nitrogens with one attached hydrogen (secondary N) is 1. The van der Waals surface area contributed by atoms with E-state index in [4.69, 9.17) is 4.74 Å². The van der Waals surface area contributed by atoms with Gasteiger partial charge in [0, 0.05) is 17.9 Å². The lowest BCUT2D eigenvalue weighted by Crippen LogP contribution is -2.37. The Morgan fingerprint density at radius 1 is 0.875 bits per heavy atom. The third kappa shape index (κ3) is 2.69. The fraction of sp³-hybridized carbons (Fsp3) is 0.143. The monoisotopic (exact) mass is 316 g/mol. The summed E-state index contributed by atoms with van der Waals surface area (Å²) >= 11 is 0. The van der Waals surface area contributed by atoms with Crippen molar-refractivity contribution < 1.29 is 4.74 Å². The topological polar surface area (TPSA) is 24.5 Å². The van der Waals surface area contributed by atoms with Gasteiger partial charge in [0.2, 0.25) is 0 Å². The molecule has 1 atom stereocenters. The summed E-state index contributed by atoms with van der Waals surface area (Å²) in [5.74, 6) is 0.875. The van der Waals surface area contributed by atoms with E-state index in [9.17, 15) is 0 Å². The third-order valence-electron chi connectivity index (χ3n) is 4.48. The van der Waals surface area contributed by atoms with Crippen LogP contribution in [0.4, 0.5) is 11.4 Å². The highest BCUT2D eigenvalue weighted by molar-refractivity contribution is 5.62. The Kier molecular flexibility index (Phi) is 3.83. The molecule has 0 saturated heterocycles. The Morgan fingerprint density at radius 2 is 1.58 bits per heavy atom. The fourth-order valence-corrected chi connectivity index (χ4v) is 3.21. The highest BCUT2D eigenvalue weighted by Gasteiger charge is 2.26. The molecule has 3 aromatic rings. The summed E-state index contributed by atoms with van der Waals surface area (Å²) in [5, 5.41) is 3.69. The highest BCUT2D eigenvalue weighted by atomic mass is 16.5. The zero-order chi connectivity index (χ0) is 16.4. The maximum Gasteiger partial charge on any atom is 0.126 e. The molecule has 1 unspecified atom stereocenters. The predicted molar refractivity (Wildman–Crippen MR) is 98.4 cm³/mol. The molecule has 24 heavy (non-hydrogen) atoms. The number of ether oxygens (including phenoxy) is 1. The van der Waals surface area contributed by atoms with Crippen molar-refractivity contribution in [3.63, 3.8) is 0 Å². The Balaban J connectivity index is 1.75. The average molecular weight is 316 g/mol. The van der Waals surface area contributed by atoms with E-state index in [2.05, 4.69) is 76.9 Å². The van der Waals surface area contributed by atoms with Crippen molar-refractivity contribution in [1.29, 1.82) is 0 Å². The summed E-state index contributed by atoms with van der Waals surface area (Å²) in [5.41, 5.74) is 4.94. The molecule has 3 heteroatoms. The number of hydrogen-bond donors (Lipinski definition) is 1. The minimum atomic E-state index is 0.106. The van der Waals surface area contributed by atoms with Gasteiger partial charge in [0.25, 0.3) is 0 Å². The lowest BCUT2D eigenvalue weighted by atomic mass is 10.0. The van der Waals surface area contributed by atoms with E-state index in [1.54, 1.807) is 7.11 Å². The molecule has 120 valence electrons. The second-order valence-electron chi connectivity index (χ2n) is 5.94. The van der Waals surface area contributed by atoms with Gasteiger partial charge >= 0.3 is 0 Å². The van der Waals surface area contributed by atoms with Gasteiger partial charge in [0.1, 0.15) is 11.9 Å². The summed E-state index contributed by atoms with van der Waals surface area (Å²) in [4.78, 5) is 2.39. The molecule has 0 fully saturated rings. The number of hydrogen-bond acceptors (Lipinski definition) is 3. The molecular formula is C21H20N2O. The summed E-state index contributed by atoms with van der Waals surface area (Å²) in [6, 6.07) is 27.3. The Morgan fingerprint density at radius 3 is 2.33 bits per heavy atom. The van der Waals surface area contributed by atoms with Crippen LogP contribution in [-0.2, 0) is 6.54 Å². The van der Waals surface area contributed by atoms with Crippen LogP contribution in [-0.4, -0.2) is 7.11 Å². The van der Waals surface area contributed by atoms with E-state index in [-0.39, 0.29) is 6.17 Å². The van der Waals surface area contributed by atoms with Gasteiger partial charge in [-0.15, -0.1) is 0 Å². The van der Waals surface area contributed by atoms with Crippen molar-refractivity contribution in [3.05, 3.63) is 90.0 Å². The van der Waals surface area contributed by atoms with Crippen LogP contribution in [0.1, 0.15) is 17.3 Å². The third-order valence-corrected chi connectivity index (χ3v) is 4.48. The molecule has 4 rings (SSSR count). The SMILES string of the molecule is COc1ccc(N2Cc3ccccc3NC2c2ccccc2)cc1. The maximum atomic E-state index is 5.29. The molecule has 1 aliphatic heterocycles. The number of para-hydroxylation sites is 1. The van der Waals surface area contributed by atoms with Gasteiger partial charge in [-0.1, -0.05) is 48.5 Å². The molecule has 0 aromatic heterocycles. The van der Waals surface area contributed by atoms with Crippen molar-refractivity contribution in [2.24, 2.45) is 0 Å². The first-order chi connectivity index (χ1) is 11.8. The van der Waals surface area contributed by atoms with Crippen LogP contribution in [0.25, 0.3) is 0 Å². The number of anilines is 2. The number of rotatable bonds is 3. The van der Waals surface area contributed by atoms with Gasteiger partial charge < -0.3 is 15.0 Å². The molecule has 1 aliphatic rings. The normalized spacial score (nSPS) is 16.2. The Labute approximate surface area is 142 Å². The predicted octanol–water partition coefficient (Wildman–Crippen LogP) is 4.83. The van der Waals surface area contributed by atoms with Crippen molar-refractivity contribution in [1.82, 2.24) is 0 Å². The van der Waals surface area contributed by atoms with Gasteiger partial charge in [0.05, 0.1) is 7.11 Å². The maximum absolute atomic E-state index is 5.29. The first-order valence-corrected chi connectivity index (χ1v) is 8.15. The molecule has 1 N–H and O–H groups in total. The first-order valence-electron chi connectivity index (χ1n) is 8.15. The van der Waals surface area contributed by atoms with Crippen molar-refractivity contribution in [3.8, 4) is 5.75 Å². The van der Waals surface area contributed by atoms with Crippen LogP contribution in [0, 0.1) is 0 Å². The summed E-state index contributed by atoms with van der Waals surface area (Å²) in [7, 11) is 1.69. The standard InChI is InChI=1S/C21H20N2O/c1-24-19-13-11-18(12-14-19)23-15-17-9-5-6-10-20(17)22-21(23)16-7-3-2-4-8-16/h2-14,21-22H,15H2,1H3. The Hall–Kier alpha value is -2.94. The zero-order valence-corrected chi connectivity index (χ0v) is 13.6. The minimum absolute atomic E-state index is 0.106. The van der Waals surface area contributed by atoms with Gasteiger partial charge in [-0.25, -0.2) is 0 Å². The van der Waals surface area contributed by atoms with Crippen LogP contribution in [0.2, 0.25) is 0 Å². The summed E-state index contributed by atoms with van der Waals surface area (Å²) in [6.07, 6.45) is 0.106. The summed E-state index contributed by atoms with van der Waals surface area (Å²) < 4.78 is 5.29. The number of fused-ring (bicyclic) bond motifs is 1. The zero-order valence-electron chi connectivity index (χ0n) is 13.6. The van der Waals surface area contributed by atoms with Crippen molar-refractivity contribution in [2.45, 2.75) is 12.7 Å². The lowest BCUT2D eigenvalue weighted by molar-refractivity contribution is 0.414. The van der Waals surface area contributed by atoms with Gasteiger partial charge in [0.15, 0.2) is 0 Å². The van der Waals surface area contributed by atoms with Crippen LogP contribution in [0.5, 0.6) is 5.75 Å². The molecule has 0 radical (unpaired) electrons. The lowest BCUT2D eigenvalue weighted by Gasteiger charge is -2.40. The molecule has 1 heterocycles. The van der Waals surface area contributed by atoms with Crippen molar-refractivity contribution in [2.75, 3.05) is 17.3 Å². The van der Waals surface area contributed by atoms with E-state index in [0.29, 0.717) is 0 Å². The van der Waals surface area contributed by atoms with E-state index >= 15 is 0 Å². The first kappa shape index (κ1) is 14.6. The van der Waals surface area contributed by atoms with Crippen LogP contribution >= 0.6 is 0 Å². The van der Waals surface area contributed by atoms with E-state index in [0.717, 1.165) is 12.3 Å². The quantitative estimate of drug-likeness (QED) is 0.749. The van der Waals surface area contributed by atoms with Crippen LogP contribution < -0.4 is 15.0 Å². The van der Waals surface area contributed by atoms with Crippen LogP contribution in [0.3, 0.4) is 0 Å². The number of benzene rings is 3. The molecule has 0 bridgehead atoms. The minimum Gasteiger partial charge on any atom is -0.497 e. The number of methoxy groups -OCH3 is 1. The molecule has 0 amide bonds. The van der Waals surface area contributed by atoms with Crippen LogP contribution in [0.15, 0.2) is 78.9 Å². The van der Waals surface area contributed by atoms with Gasteiger partial charge in [-0.05, 0) is 41.5 Å². The molecule has 3 nitrogen and oxygen atoms in total. The van der Waals surface area contributed by atoms with Gasteiger partial charge in [-0.3, -0.25) is 0 Å². The largest absolute Gasteiger partial charge is 0.497 e. The second kappa shape index (κ2) is 6.28. The average Bonchev–Trinajstić information content (AvgIpc) is 2.68. The van der Waals surface area contributed by atoms with Crippen molar-refractivity contribution >= 4 is 11.4 Å². The van der Waals surface area contributed by atoms with E-state index in [1.165, 1.54) is 22.5 Å². The number of nitrogens with zero attached hydrogens (tertiary/aromatic N) is 1. The molecule has 0 saturated carbocycles. The van der Waals surface area contributed by atoms with E-state index in [1.807, 2.05) is 12.1 Å². The molecular weight excluding hydrogens is 296 g/mol. The fourth-order valence-electron chi connectivity index (χ4n) is 3.21. The molecule has 0 aliphatic carbocycles. The molecule has 0 spiro atoms. The highest BCUT2D eigenvalue weighted by Crippen LogP contribution is 2.36.